The number of carbonyl (C=O) groups is 1. The smallest absolute Gasteiger partial charge is 0.220 e. The van der Waals surface area contributed by atoms with Crippen molar-refractivity contribution in [2.45, 2.75) is 193 Å². The molecule has 0 saturated heterocycles. The molecule has 0 fully saturated rings. The number of hydrogen-bond acceptors (Lipinski definition) is 3. The van der Waals surface area contributed by atoms with E-state index in [2.05, 4.69) is 31.3 Å². The van der Waals surface area contributed by atoms with E-state index >= 15 is 0 Å². The lowest BCUT2D eigenvalue weighted by Crippen LogP contribution is -2.45. The number of aliphatic hydroxyl groups is 2. The minimum Gasteiger partial charge on any atom is -0.394 e. The van der Waals surface area contributed by atoms with Crippen molar-refractivity contribution in [3.8, 4) is 0 Å². The Labute approximate surface area is 237 Å². The number of unbranched alkanes of at least 4 members (excludes halogenated alkanes) is 21. The molecule has 0 aliphatic carbocycles. The van der Waals surface area contributed by atoms with Gasteiger partial charge in [-0.2, -0.15) is 0 Å². The van der Waals surface area contributed by atoms with Crippen molar-refractivity contribution in [1.82, 2.24) is 5.32 Å². The van der Waals surface area contributed by atoms with Crippen LogP contribution in [-0.4, -0.2) is 34.9 Å². The quantitative estimate of drug-likeness (QED) is 0.0631. The predicted molar refractivity (Wildman–Crippen MR) is 166 cm³/mol. The van der Waals surface area contributed by atoms with E-state index in [1.165, 1.54) is 122 Å². The molecular weight excluding hydrogens is 470 g/mol. The molecule has 0 unspecified atom stereocenters. The Kier molecular flexibility index (Phi) is 30.0. The fourth-order valence-corrected chi connectivity index (χ4v) is 5.12. The maximum Gasteiger partial charge on any atom is 0.220 e. The average molecular weight is 538 g/mol. The van der Waals surface area contributed by atoms with Gasteiger partial charge in [0.25, 0.3) is 0 Å². The van der Waals surface area contributed by atoms with Crippen molar-refractivity contribution in [2.24, 2.45) is 0 Å². The van der Waals surface area contributed by atoms with Crippen molar-refractivity contribution >= 4 is 5.91 Å². The van der Waals surface area contributed by atoms with Gasteiger partial charge >= 0.3 is 0 Å². The van der Waals surface area contributed by atoms with Gasteiger partial charge in [-0.15, -0.1) is 0 Å². The summed E-state index contributed by atoms with van der Waals surface area (Å²) < 4.78 is 0. The van der Waals surface area contributed by atoms with Gasteiger partial charge in [-0.1, -0.05) is 148 Å². The second kappa shape index (κ2) is 30.7. The van der Waals surface area contributed by atoms with Crippen molar-refractivity contribution in [2.75, 3.05) is 6.61 Å². The highest BCUT2D eigenvalue weighted by molar-refractivity contribution is 5.76. The SMILES string of the molecule is CCCCCCCCC/C=C\CCCC[C@@H](O)[C@H](CO)NC(=O)CCCCCCCCCCCCCCC. The monoisotopic (exact) mass is 538 g/mol. The normalized spacial score (nSPS) is 13.3. The molecular formula is C34H67NO3. The van der Waals surface area contributed by atoms with Crippen LogP contribution in [0.2, 0.25) is 0 Å². The molecule has 0 bridgehead atoms. The first-order valence-corrected chi connectivity index (χ1v) is 16.9. The van der Waals surface area contributed by atoms with Crippen LogP contribution in [0.5, 0.6) is 0 Å². The first kappa shape index (κ1) is 37.1. The van der Waals surface area contributed by atoms with E-state index in [1.807, 2.05) is 0 Å². The van der Waals surface area contributed by atoms with Gasteiger partial charge in [-0.05, 0) is 38.5 Å². The molecule has 0 aromatic rings. The van der Waals surface area contributed by atoms with Crippen molar-refractivity contribution in [3.63, 3.8) is 0 Å². The third kappa shape index (κ3) is 26.7. The van der Waals surface area contributed by atoms with Crippen LogP contribution in [0.4, 0.5) is 0 Å². The highest BCUT2D eigenvalue weighted by atomic mass is 16.3. The van der Waals surface area contributed by atoms with E-state index < -0.39 is 12.1 Å². The molecule has 1 amide bonds. The van der Waals surface area contributed by atoms with E-state index in [0.29, 0.717) is 12.8 Å². The molecule has 4 nitrogen and oxygen atoms in total. The fourth-order valence-electron chi connectivity index (χ4n) is 5.12. The molecule has 0 heterocycles. The molecule has 0 radical (unpaired) electrons. The summed E-state index contributed by atoms with van der Waals surface area (Å²) in [6.45, 7) is 4.32. The fraction of sp³-hybridized carbons (Fsp3) is 0.912. The van der Waals surface area contributed by atoms with Gasteiger partial charge in [0.2, 0.25) is 5.91 Å². The summed E-state index contributed by atoms with van der Waals surface area (Å²) >= 11 is 0. The van der Waals surface area contributed by atoms with Crippen LogP contribution in [0.25, 0.3) is 0 Å². The highest BCUT2D eigenvalue weighted by Crippen LogP contribution is 2.14. The van der Waals surface area contributed by atoms with E-state index in [9.17, 15) is 15.0 Å². The van der Waals surface area contributed by atoms with Gasteiger partial charge < -0.3 is 15.5 Å². The van der Waals surface area contributed by atoms with Gasteiger partial charge in [-0.25, -0.2) is 0 Å². The molecule has 0 aromatic heterocycles. The summed E-state index contributed by atoms with van der Waals surface area (Å²) in [5.74, 6) is -0.0422. The molecule has 0 rings (SSSR count). The summed E-state index contributed by atoms with van der Waals surface area (Å²) in [6, 6.07) is -0.544. The maximum absolute atomic E-state index is 12.3. The van der Waals surface area contributed by atoms with Crippen LogP contribution in [0.15, 0.2) is 12.2 Å². The lowest BCUT2D eigenvalue weighted by atomic mass is 10.0. The number of carbonyl (C=O) groups excluding carboxylic acids is 1. The molecule has 0 aliphatic rings. The van der Waals surface area contributed by atoms with Gasteiger partial charge in [-0.3, -0.25) is 4.79 Å². The topological polar surface area (TPSA) is 69.6 Å². The van der Waals surface area contributed by atoms with Gasteiger partial charge in [0, 0.05) is 6.42 Å². The van der Waals surface area contributed by atoms with E-state index in [-0.39, 0.29) is 12.5 Å². The summed E-state index contributed by atoms with van der Waals surface area (Å²) in [5.41, 5.74) is 0. The predicted octanol–water partition coefficient (Wildman–Crippen LogP) is 9.56. The Morgan fingerprint density at radius 1 is 0.605 bits per heavy atom. The number of rotatable bonds is 30. The largest absolute Gasteiger partial charge is 0.394 e. The highest BCUT2D eigenvalue weighted by Gasteiger charge is 2.19. The summed E-state index contributed by atoms with van der Waals surface area (Å²) in [4.78, 5) is 12.3. The lowest BCUT2D eigenvalue weighted by molar-refractivity contribution is -0.123. The molecule has 38 heavy (non-hydrogen) atoms. The second-order valence-electron chi connectivity index (χ2n) is 11.6. The number of allylic oxidation sites excluding steroid dienone is 2. The summed E-state index contributed by atoms with van der Waals surface area (Å²) in [5, 5.41) is 22.9. The van der Waals surface area contributed by atoms with E-state index in [1.54, 1.807) is 0 Å². The number of aliphatic hydroxyl groups excluding tert-OH is 2. The van der Waals surface area contributed by atoms with Crippen LogP contribution in [0.3, 0.4) is 0 Å². The zero-order chi connectivity index (χ0) is 27.9. The van der Waals surface area contributed by atoms with Crippen LogP contribution >= 0.6 is 0 Å². The van der Waals surface area contributed by atoms with Crippen LogP contribution in [0.1, 0.15) is 181 Å². The van der Waals surface area contributed by atoms with Crippen molar-refractivity contribution < 1.29 is 15.0 Å². The standard InChI is InChI=1S/C34H67NO3/c1-3-5-7-9-11-13-15-17-19-21-23-25-27-29-33(37)32(31-36)35-34(38)30-28-26-24-22-20-18-16-14-12-10-8-6-4-2/h19,21,32-33,36-37H,3-18,20,22-31H2,1-2H3,(H,35,38)/b21-19-/t32-,33+/m0/s1. The maximum atomic E-state index is 12.3. The zero-order valence-corrected chi connectivity index (χ0v) is 25.7. The minimum atomic E-state index is -0.674. The van der Waals surface area contributed by atoms with Crippen molar-refractivity contribution in [3.05, 3.63) is 12.2 Å². The van der Waals surface area contributed by atoms with Crippen LogP contribution in [0, 0.1) is 0 Å². The third-order valence-corrected chi connectivity index (χ3v) is 7.78. The Balaban J connectivity index is 3.61. The zero-order valence-electron chi connectivity index (χ0n) is 25.7. The molecule has 2 atom stereocenters. The molecule has 4 heteroatoms. The van der Waals surface area contributed by atoms with Gasteiger partial charge in [0.05, 0.1) is 18.8 Å². The Bertz CT molecular complexity index is 508. The Morgan fingerprint density at radius 3 is 1.45 bits per heavy atom. The van der Waals surface area contributed by atoms with Crippen LogP contribution < -0.4 is 5.32 Å². The van der Waals surface area contributed by atoms with Gasteiger partial charge in [0.15, 0.2) is 0 Å². The first-order valence-electron chi connectivity index (χ1n) is 16.9. The van der Waals surface area contributed by atoms with E-state index in [0.717, 1.165) is 32.1 Å². The van der Waals surface area contributed by atoms with E-state index in [4.69, 9.17) is 0 Å². The molecule has 3 N–H and O–H groups in total. The first-order chi connectivity index (χ1) is 18.7. The molecule has 0 spiro atoms. The van der Waals surface area contributed by atoms with Gasteiger partial charge in [0.1, 0.15) is 0 Å². The minimum absolute atomic E-state index is 0.0422. The molecule has 0 saturated carbocycles. The molecule has 0 aromatic carbocycles. The van der Waals surface area contributed by atoms with Crippen molar-refractivity contribution in [1.29, 1.82) is 0 Å². The third-order valence-electron chi connectivity index (χ3n) is 7.78. The molecule has 226 valence electrons. The second-order valence-corrected chi connectivity index (χ2v) is 11.6. The summed E-state index contributed by atoms with van der Waals surface area (Å²) in [7, 11) is 0. The number of nitrogens with one attached hydrogen (secondary N) is 1. The lowest BCUT2D eigenvalue weighted by Gasteiger charge is -2.22. The number of amides is 1. The average Bonchev–Trinajstić information content (AvgIpc) is 2.92. The van der Waals surface area contributed by atoms with Crippen LogP contribution in [-0.2, 0) is 4.79 Å². The summed E-state index contributed by atoms with van der Waals surface area (Å²) in [6.07, 6.45) is 35.4. The molecule has 0 aliphatic heterocycles. The Morgan fingerprint density at radius 2 is 1.00 bits per heavy atom. The Hall–Kier alpha value is -0.870. The number of hydrogen-bond donors (Lipinski definition) is 3.